The van der Waals surface area contributed by atoms with Crippen molar-refractivity contribution in [3.05, 3.63) is 70.7 Å². The number of halogens is 3. The summed E-state index contributed by atoms with van der Waals surface area (Å²) in [7, 11) is 0. The lowest BCUT2D eigenvalue weighted by molar-refractivity contribution is -0.137. The summed E-state index contributed by atoms with van der Waals surface area (Å²) in [5.74, 6) is 0. The highest BCUT2D eigenvalue weighted by molar-refractivity contribution is 5.78. The van der Waals surface area contributed by atoms with Crippen LogP contribution in [0.25, 0.3) is 17.2 Å². The van der Waals surface area contributed by atoms with E-state index in [4.69, 9.17) is 0 Å². The zero-order valence-electron chi connectivity index (χ0n) is 18.8. The van der Waals surface area contributed by atoms with Crippen LogP contribution in [0.2, 0.25) is 0 Å². The normalized spacial score (nSPS) is 15.7. The Morgan fingerprint density at radius 3 is 2.36 bits per heavy atom. The molecule has 0 unspecified atom stereocenters. The smallest absolute Gasteiger partial charge is 0.369 e. The van der Waals surface area contributed by atoms with Crippen molar-refractivity contribution in [3.63, 3.8) is 0 Å². The van der Waals surface area contributed by atoms with Crippen molar-refractivity contribution in [1.82, 2.24) is 14.0 Å². The van der Waals surface area contributed by atoms with Gasteiger partial charge in [0.2, 0.25) is 0 Å². The first-order valence-corrected chi connectivity index (χ1v) is 11.4. The number of rotatable bonds is 7. The molecule has 0 aliphatic carbocycles. The maximum atomic E-state index is 13.0. The molecular formula is C25H29F3N4O. The Hall–Kier alpha value is -3.00. The largest absolute Gasteiger partial charge is 0.416 e. The Bertz CT molecular complexity index is 1170. The third kappa shape index (κ3) is 5.16. The van der Waals surface area contributed by atoms with Crippen molar-refractivity contribution in [3.8, 4) is 0 Å². The summed E-state index contributed by atoms with van der Waals surface area (Å²) in [5.41, 5.74) is 1.83. The van der Waals surface area contributed by atoms with Crippen LogP contribution in [0.4, 0.5) is 18.9 Å². The number of aryl methyl sites for hydroxylation is 1. The molecule has 1 aliphatic heterocycles. The van der Waals surface area contributed by atoms with E-state index in [1.165, 1.54) is 12.1 Å². The van der Waals surface area contributed by atoms with E-state index in [1.54, 1.807) is 10.6 Å². The summed E-state index contributed by atoms with van der Waals surface area (Å²) in [6.07, 6.45) is 1.24. The molecule has 0 radical (unpaired) electrons. The molecule has 2 aromatic carbocycles. The molecule has 0 spiro atoms. The number of hydrogen-bond donors (Lipinski definition) is 0. The zero-order valence-corrected chi connectivity index (χ0v) is 18.8. The minimum Gasteiger partial charge on any atom is -0.369 e. The van der Waals surface area contributed by atoms with Gasteiger partial charge in [0.05, 0.1) is 16.6 Å². The molecule has 1 saturated heterocycles. The first kappa shape index (κ1) is 23.2. The molecule has 0 bridgehead atoms. The second-order valence-corrected chi connectivity index (χ2v) is 8.34. The number of hydrogen-bond acceptors (Lipinski definition) is 3. The monoisotopic (exact) mass is 458 g/mol. The zero-order chi connectivity index (χ0) is 23.4. The second kappa shape index (κ2) is 9.87. The number of benzene rings is 2. The Kier molecular flexibility index (Phi) is 6.93. The molecule has 1 aliphatic rings. The van der Waals surface area contributed by atoms with Crippen molar-refractivity contribution in [2.45, 2.75) is 32.5 Å². The lowest BCUT2D eigenvalue weighted by Crippen LogP contribution is -2.46. The molecule has 4 rings (SSSR count). The summed E-state index contributed by atoms with van der Waals surface area (Å²) in [5, 5.41) is 0. The fourth-order valence-corrected chi connectivity index (χ4v) is 4.36. The molecule has 0 amide bonds. The molecule has 33 heavy (non-hydrogen) atoms. The van der Waals surface area contributed by atoms with Crippen LogP contribution in [-0.4, -0.2) is 46.8 Å². The molecule has 1 aromatic heterocycles. The quantitative estimate of drug-likeness (QED) is 0.504. The third-order valence-electron chi connectivity index (χ3n) is 6.09. The van der Waals surface area contributed by atoms with Gasteiger partial charge < -0.3 is 4.90 Å². The highest BCUT2D eigenvalue weighted by Crippen LogP contribution is 2.31. The number of para-hydroxylation sites is 2. The Balaban J connectivity index is 1.33. The van der Waals surface area contributed by atoms with Gasteiger partial charge in [0.15, 0.2) is 0 Å². The lowest BCUT2D eigenvalue weighted by Gasteiger charge is -2.36. The second-order valence-electron chi connectivity index (χ2n) is 8.34. The van der Waals surface area contributed by atoms with Crippen LogP contribution in [0.5, 0.6) is 0 Å². The molecule has 5 nitrogen and oxygen atoms in total. The number of anilines is 1. The van der Waals surface area contributed by atoms with Crippen LogP contribution < -0.4 is 10.6 Å². The summed E-state index contributed by atoms with van der Waals surface area (Å²) >= 11 is 0. The van der Waals surface area contributed by atoms with Gasteiger partial charge in [-0.15, -0.1) is 0 Å². The van der Waals surface area contributed by atoms with Crippen LogP contribution in [0.1, 0.15) is 25.3 Å². The number of imidazole rings is 1. The SMILES string of the molecule is CCCn1c(=O)n(/C=C\CCN2CCN(c3cccc(C(F)(F)F)c3)CC2)c2ccccc21. The minimum absolute atomic E-state index is 0.0241. The van der Waals surface area contributed by atoms with E-state index in [9.17, 15) is 18.0 Å². The topological polar surface area (TPSA) is 33.4 Å². The van der Waals surface area contributed by atoms with E-state index < -0.39 is 11.7 Å². The van der Waals surface area contributed by atoms with Gasteiger partial charge in [-0.1, -0.05) is 31.2 Å². The minimum atomic E-state index is -4.32. The van der Waals surface area contributed by atoms with Crippen molar-refractivity contribution in [2.24, 2.45) is 0 Å². The maximum Gasteiger partial charge on any atom is 0.416 e. The Morgan fingerprint density at radius 1 is 0.939 bits per heavy atom. The van der Waals surface area contributed by atoms with Gasteiger partial charge in [0.1, 0.15) is 0 Å². The van der Waals surface area contributed by atoms with Crippen LogP contribution in [-0.2, 0) is 12.7 Å². The highest BCUT2D eigenvalue weighted by atomic mass is 19.4. The molecule has 0 N–H and O–H groups in total. The fourth-order valence-electron chi connectivity index (χ4n) is 4.36. The van der Waals surface area contributed by atoms with Crippen LogP contribution >= 0.6 is 0 Å². The Morgan fingerprint density at radius 2 is 1.67 bits per heavy atom. The van der Waals surface area contributed by atoms with E-state index >= 15 is 0 Å². The van der Waals surface area contributed by atoms with Crippen LogP contribution in [0, 0.1) is 0 Å². The van der Waals surface area contributed by atoms with E-state index in [0.29, 0.717) is 25.3 Å². The standard InChI is InChI=1S/C25H29F3N4O/c1-2-12-31-22-10-3-4-11-23(22)32(24(31)33)14-6-5-13-29-15-17-30(18-16-29)21-9-7-8-20(19-21)25(26,27)28/h3-4,6-11,14,19H,2,5,12-13,15-18H2,1H3/b14-6-. The van der Waals surface area contributed by atoms with Crippen molar-refractivity contribution in [2.75, 3.05) is 37.6 Å². The first-order chi connectivity index (χ1) is 15.9. The van der Waals surface area contributed by atoms with E-state index in [1.807, 2.05) is 46.0 Å². The molecule has 2 heterocycles. The summed E-state index contributed by atoms with van der Waals surface area (Å²) in [6.45, 7) is 6.55. The summed E-state index contributed by atoms with van der Waals surface area (Å²) in [4.78, 5) is 17.1. The van der Waals surface area contributed by atoms with E-state index in [-0.39, 0.29) is 5.69 Å². The maximum absolute atomic E-state index is 13.0. The molecule has 0 saturated carbocycles. The molecule has 1 fully saturated rings. The van der Waals surface area contributed by atoms with Gasteiger partial charge in [-0.2, -0.15) is 13.2 Å². The van der Waals surface area contributed by atoms with Gasteiger partial charge in [0, 0.05) is 51.2 Å². The van der Waals surface area contributed by atoms with Crippen molar-refractivity contribution in [1.29, 1.82) is 0 Å². The summed E-state index contributed by atoms with van der Waals surface area (Å²) < 4.78 is 42.5. The number of alkyl halides is 3. The number of nitrogens with zero attached hydrogens (tertiary/aromatic N) is 4. The highest BCUT2D eigenvalue weighted by Gasteiger charge is 2.31. The fraction of sp³-hybridized carbons (Fsp3) is 0.400. The third-order valence-corrected chi connectivity index (χ3v) is 6.09. The Labute approximate surface area is 191 Å². The van der Waals surface area contributed by atoms with Crippen molar-refractivity contribution < 1.29 is 13.2 Å². The number of aromatic nitrogens is 2. The van der Waals surface area contributed by atoms with Gasteiger partial charge >= 0.3 is 11.9 Å². The van der Waals surface area contributed by atoms with Gasteiger partial charge in [-0.05, 0) is 43.2 Å². The summed E-state index contributed by atoms with van der Waals surface area (Å²) in [6, 6.07) is 13.4. The van der Waals surface area contributed by atoms with E-state index in [2.05, 4.69) is 11.8 Å². The van der Waals surface area contributed by atoms with Crippen LogP contribution in [0.15, 0.2) is 59.4 Å². The number of piperazine rings is 1. The van der Waals surface area contributed by atoms with Gasteiger partial charge in [-0.3, -0.25) is 14.0 Å². The number of fused-ring (bicyclic) bond motifs is 1. The van der Waals surface area contributed by atoms with Crippen molar-refractivity contribution >= 4 is 22.9 Å². The predicted molar refractivity (Wildman–Crippen MR) is 127 cm³/mol. The molecule has 176 valence electrons. The molecule has 3 aromatic rings. The molecular weight excluding hydrogens is 429 g/mol. The molecule has 0 atom stereocenters. The first-order valence-electron chi connectivity index (χ1n) is 11.4. The van der Waals surface area contributed by atoms with Crippen LogP contribution in [0.3, 0.4) is 0 Å². The van der Waals surface area contributed by atoms with Gasteiger partial charge in [-0.25, -0.2) is 4.79 Å². The van der Waals surface area contributed by atoms with Gasteiger partial charge in [0.25, 0.3) is 0 Å². The average molecular weight is 459 g/mol. The lowest BCUT2D eigenvalue weighted by atomic mass is 10.1. The average Bonchev–Trinajstić information content (AvgIpc) is 3.08. The van der Waals surface area contributed by atoms with E-state index in [0.717, 1.165) is 49.6 Å². The predicted octanol–water partition coefficient (Wildman–Crippen LogP) is 4.91. The molecule has 8 heteroatoms.